The van der Waals surface area contributed by atoms with E-state index >= 15 is 0 Å². The van der Waals surface area contributed by atoms with Crippen molar-refractivity contribution >= 4 is 5.69 Å². The Hall–Kier alpha value is -1.53. The van der Waals surface area contributed by atoms with E-state index < -0.39 is 0 Å². The van der Waals surface area contributed by atoms with Gasteiger partial charge in [0, 0.05) is 12.2 Å². The first-order valence-corrected chi connectivity index (χ1v) is 5.60. The van der Waals surface area contributed by atoms with Crippen molar-refractivity contribution in [2.45, 2.75) is 13.3 Å². The van der Waals surface area contributed by atoms with Gasteiger partial charge in [-0.3, -0.25) is 0 Å². The molecule has 16 heavy (non-hydrogen) atoms. The van der Waals surface area contributed by atoms with Crippen LogP contribution in [-0.4, -0.2) is 19.8 Å². The molecule has 0 unspecified atom stereocenters. The molecule has 0 atom stereocenters. The summed E-state index contributed by atoms with van der Waals surface area (Å²) >= 11 is 0. The van der Waals surface area contributed by atoms with Gasteiger partial charge in [-0.2, -0.15) is 5.26 Å². The standard InChI is InChI=1S/C13H16N2O/c1-2-11-3-5-12(6-4-11)15-8-13(7-14)9-16-10-13/h3-6,15H,2,8-10H2,1H3. The summed E-state index contributed by atoms with van der Waals surface area (Å²) in [5, 5.41) is 12.3. The molecule has 1 aliphatic rings. The van der Waals surface area contributed by atoms with Crippen LogP contribution in [0, 0.1) is 16.7 Å². The van der Waals surface area contributed by atoms with Gasteiger partial charge in [0.15, 0.2) is 0 Å². The molecule has 3 heteroatoms. The van der Waals surface area contributed by atoms with E-state index in [2.05, 4.69) is 42.6 Å². The number of nitrogens with zero attached hydrogens (tertiary/aromatic N) is 1. The minimum Gasteiger partial charge on any atom is -0.383 e. The molecule has 0 radical (unpaired) electrons. The van der Waals surface area contributed by atoms with Crippen LogP contribution in [-0.2, 0) is 11.2 Å². The molecule has 1 aromatic carbocycles. The molecule has 84 valence electrons. The molecule has 0 amide bonds. The SMILES string of the molecule is CCc1ccc(NCC2(C#N)COC2)cc1. The molecule has 0 saturated carbocycles. The minimum absolute atomic E-state index is 0.316. The molecule has 1 aromatic rings. The van der Waals surface area contributed by atoms with Crippen molar-refractivity contribution in [2.24, 2.45) is 5.41 Å². The Bertz CT molecular complexity index is 387. The summed E-state index contributed by atoms with van der Waals surface area (Å²) in [6, 6.07) is 10.7. The summed E-state index contributed by atoms with van der Waals surface area (Å²) in [6.45, 7) is 3.89. The number of hydrogen-bond acceptors (Lipinski definition) is 3. The van der Waals surface area contributed by atoms with Gasteiger partial charge in [-0.1, -0.05) is 19.1 Å². The van der Waals surface area contributed by atoms with Crippen LogP contribution < -0.4 is 5.32 Å². The average Bonchev–Trinajstić information content (AvgIpc) is 2.29. The first-order valence-electron chi connectivity index (χ1n) is 5.60. The second-order valence-electron chi connectivity index (χ2n) is 4.29. The summed E-state index contributed by atoms with van der Waals surface area (Å²) in [7, 11) is 0. The third-order valence-corrected chi connectivity index (χ3v) is 2.99. The maximum absolute atomic E-state index is 9.03. The van der Waals surface area contributed by atoms with Crippen molar-refractivity contribution in [3.63, 3.8) is 0 Å². The molecule has 1 heterocycles. The molecule has 0 aliphatic carbocycles. The number of rotatable bonds is 4. The Morgan fingerprint density at radius 2 is 2.06 bits per heavy atom. The van der Waals surface area contributed by atoms with Gasteiger partial charge in [-0.15, -0.1) is 0 Å². The lowest BCUT2D eigenvalue weighted by Crippen LogP contribution is -2.46. The molecule has 2 rings (SSSR count). The molecule has 3 nitrogen and oxygen atoms in total. The van der Waals surface area contributed by atoms with Gasteiger partial charge in [-0.25, -0.2) is 0 Å². The van der Waals surface area contributed by atoms with Crippen molar-refractivity contribution in [1.29, 1.82) is 5.26 Å². The van der Waals surface area contributed by atoms with Crippen molar-refractivity contribution in [2.75, 3.05) is 25.1 Å². The summed E-state index contributed by atoms with van der Waals surface area (Å²) in [6.07, 6.45) is 1.05. The number of aryl methyl sites for hydroxylation is 1. The van der Waals surface area contributed by atoms with E-state index in [1.54, 1.807) is 0 Å². The Morgan fingerprint density at radius 3 is 2.50 bits per heavy atom. The van der Waals surface area contributed by atoms with Crippen LogP contribution in [0.15, 0.2) is 24.3 Å². The molecule has 1 N–H and O–H groups in total. The Labute approximate surface area is 96.0 Å². The number of hydrogen-bond donors (Lipinski definition) is 1. The zero-order chi connectivity index (χ0) is 11.4. The quantitative estimate of drug-likeness (QED) is 0.839. The lowest BCUT2D eigenvalue weighted by molar-refractivity contribution is -0.0690. The highest BCUT2D eigenvalue weighted by molar-refractivity contribution is 5.45. The highest BCUT2D eigenvalue weighted by atomic mass is 16.5. The first-order chi connectivity index (χ1) is 7.78. The van der Waals surface area contributed by atoms with E-state index in [1.807, 2.05) is 0 Å². The normalized spacial score (nSPS) is 17.2. The second kappa shape index (κ2) is 4.54. The Balaban J connectivity index is 1.92. The predicted octanol–water partition coefficient (Wildman–Crippen LogP) is 2.20. The number of anilines is 1. The first kappa shape index (κ1) is 11.0. The summed E-state index contributed by atoms with van der Waals surface area (Å²) in [4.78, 5) is 0. The number of nitriles is 1. The van der Waals surface area contributed by atoms with Crippen molar-refractivity contribution in [1.82, 2.24) is 0 Å². The highest BCUT2D eigenvalue weighted by Crippen LogP contribution is 2.26. The van der Waals surface area contributed by atoms with Gasteiger partial charge < -0.3 is 10.1 Å². The zero-order valence-electron chi connectivity index (χ0n) is 9.49. The van der Waals surface area contributed by atoms with E-state index in [9.17, 15) is 0 Å². The third kappa shape index (κ3) is 2.17. The predicted molar refractivity (Wildman–Crippen MR) is 63.2 cm³/mol. The van der Waals surface area contributed by atoms with E-state index in [-0.39, 0.29) is 5.41 Å². The maximum atomic E-state index is 9.03. The zero-order valence-corrected chi connectivity index (χ0v) is 9.49. The average molecular weight is 216 g/mol. The summed E-state index contributed by atoms with van der Waals surface area (Å²) in [5.41, 5.74) is 2.08. The maximum Gasteiger partial charge on any atom is 0.121 e. The monoisotopic (exact) mass is 216 g/mol. The van der Waals surface area contributed by atoms with E-state index in [0.717, 1.165) is 12.1 Å². The van der Waals surface area contributed by atoms with Crippen LogP contribution >= 0.6 is 0 Å². The van der Waals surface area contributed by atoms with Crippen LogP contribution in [0.1, 0.15) is 12.5 Å². The van der Waals surface area contributed by atoms with Crippen LogP contribution in [0.2, 0.25) is 0 Å². The fraction of sp³-hybridized carbons (Fsp3) is 0.462. The van der Waals surface area contributed by atoms with Gasteiger partial charge in [0.05, 0.1) is 19.3 Å². The Morgan fingerprint density at radius 1 is 1.38 bits per heavy atom. The largest absolute Gasteiger partial charge is 0.383 e. The van der Waals surface area contributed by atoms with Gasteiger partial charge in [0.1, 0.15) is 5.41 Å². The lowest BCUT2D eigenvalue weighted by atomic mass is 9.88. The lowest BCUT2D eigenvalue weighted by Gasteiger charge is -2.35. The number of benzene rings is 1. The Kier molecular flexibility index (Phi) is 3.12. The van der Waals surface area contributed by atoms with E-state index in [4.69, 9.17) is 10.00 Å². The van der Waals surface area contributed by atoms with Crippen LogP contribution in [0.5, 0.6) is 0 Å². The molecule has 1 saturated heterocycles. The van der Waals surface area contributed by atoms with Crippen LogP contribution in [0.25, 0.3) is 0 Å². The summed E-state index contributed by atoms with van der Waals surface area (Å²) < 4.78 is 5.09. The van der Waals surface area contributed by atoms with Gasteiger partial charge in [0.2, 0.25) is 0 Å². The highest BCUT2D eigenvalue weighted by Gasteiger charge is 2.38. The molecule has 1 aliphatic heterocycles. The fourth-order valence-corrected chi connectivity index (χ4v) is 1.68. The molecule has 1 fully saturated rings. The van der Waals surface area contributed by atoms with Crippen molar-refractivity contribution in [3.05, 3.63) is 29.8 Å². The number of nitrogens with one attached hydrogen (secondary N) is 1. The molecule has 0 bridgehead atoms. The summed E-state index contributed by atoms with van der Waals surface area (Å²) in [5.74, 6) is 0. The van der Waals surface area contributed by atoms with Gasteiger partial charge in [-0.05, 0) is 24.1 Å². The molecular formula is C13H16N2O. The third-order valence-electron chi connectivity index (χ3n) is 2.99. The van der Waals surface area contributed by atoms with Crippen molar-refractivity contribution in [3.8, 4) is 6.07 Å². The fourth-order valence-electron chi connectivity index (χ4n) is 1.68. The van der Waals surface area contributed by atoms with Crippen LogP contribution in [0.3, 0.4) is 0 Å². The van der Waals surface area contributed by atoms with Gasteiger partial charge in [0.25, 0.3) is 0 Å². The van der Waals surface area contributed by atoms with Crippen LogP contribution in [0.4, 0.5) is 5.69 Å². The van der Waals surface area contributed by atoms with Gasteiger partial charge >= 0.3 is 0 Å². The molecular weight excluding hydrogens is 200 g/mol. The molecule has 0 aromatic heterocycles. The smallest absolute Gasteiger partial charge is 0.121 e. The van der Waals surface area contributed by atoms with Crippen molar-refractivity contribution < 1.29 is 4.74 Å². The second-order valence-corrected chi connectivity index (χ2v) is 4.29. The molecule has 0 spiro atoms. The van der Waals surface area contributed by atoms with E-state index in [0.29, 0.717) is 19.8 Å². The van der Waals surface area contributed by atoms with E-state index in [1.165, 1.54) is 5.56 Å². The number of ether oxygens (including phenoxy) is 1. The topological polar surface area (TPSA) is 45.0 Å². The minimum atomic E-state index is -0.316.